The SMILES string of the molecule is C.CC(C)(C)OC(=O)CCc1cc(OCCCF)ccc1Sc1ccccc1N.CC(C)(C)OC(=O)CCc1cc(OCCCF)ccc1Sc1ccccc1N.NCc1cc(OCCCF)ccc1Sc1ccccc1N.O=C(O)C(F)(F)F.[2H]C([2H])([2H])N(Cc1cc(OCCCF)ccc1Sc1ccccc1N)C(=O)OC(C)(C)C.[2H]C([2H])([2H])NCc1cc(OCCCF)ccc1Sc1ccccc1N. The summed E-state index contributed by atoms with van der Waals surface area (Å²) in [7, 11) is 0. The molecule has 0 aromatic heterocycles. The van der Waals surface area contributed by atoms with E-state index in [0.717, 1.165) is 72.0 Å². The molecule has 0 aliphatic carbocycles. The van der Waals surface area contributed by atoms with Gasteiger partial charge in [-0.1, -0.05) is 127 Å². The number of alkyl halides is 8. The molecule has 10 aromatic rings. The van der Waals surface area contributed by atoms with Crippen LogP contribution in [-0.2, 0) is 61.1 Å². The van der Waals surface area contributed by atoms with Crippen LogP contribution in [-0.4, -0.2) is 137 Å². The van der Waals surface area contributed by atoms with E-state index in [1.54, 1.807) is 92.5 Å². The van der Waals surface area contributed by atoms with Gasteiger partial charge >= 0.3 is 30.2 Å². The van der Waals surface area contributed by atoms with Crippen molar-refractivity contribution in [3.05, 3.63) is 240 Å². The Kier molecular flexibility index (Phi) is 48.8. The number of nitrogens with one attached hydrogen (secondary N) is 1. The van der Waals surface area contributed by atoms with E-state index in [9.17, 15) is 49.5 Å². The molecule has 0 fully saturated rings. The van der Waals surface area contributed by atoms with Crippen LogP contribution >= 0.6 is 58.8 Å². The van der Waals surface area contributed by atoms with Gasteiger partial charge in [0.2, 0.25) is 0 Å². The predicted molar refractivity (Wildman–Crippen MR) is 535 cm³/mol. The number of benzene rings is 10. The van der Waals surface area contributed by atoms with E-state index in [1.165, 1.54) is 23.5 Å². The maximum atomic E-state index is 12.7. The molecule has 10 rings (SSSR count). The summed E-state index contributed by atoms with van der Waals surface area (Å²) in [6.07, 6.45) is -2.80. The van der Waals surface area contributed by atoms with Gasteiger partial charge in [-0.25, -0.2) is 9.59 Å². The normalized spacial score (nSPS) is 11.8. The number of rotatable bonds is 41. The fourth-order valence-corrected chi connectivity index (χ4v) is 16.0. The van der Waals surface area contributed by atoms with Crippen molar-refractivity contribution in [1.82, 2.24) is 10.2 Å². The van der Waals surface area contributed by atoms with Crippen molar-refractivity contribution in [2.24, 2.45) is 5.73 Å². The lowest BCUT2D eigenvalue weighted by Crippen LogP contribution is -2.33. The minimum Gasteiger partial charge on any atom is -0.493 e. The molecule has 1 amide bonds. The quantitative estimate of drug-likeness (QED) is 0.00580. The Hall–Kier alpha value is -11.0. The summed E-state index contributed by atoms with van der Waals surface area (Å²) in [5.74, 6) is -0.162. The fraction of sp³-hybridized carbons (Fsp3) is 0.373. The average molecular weight is 1990 g/mol. The minimum absolute atomic E-state index is 0. The van der Waals surface area contributed by atoms with Gasteiger partial charge in [-0.15, -0.1) is 0 Å². The Bertz CT molecular complexity index is 5390. The van der Waals surface area contributed by atoms with Crippen LogP contribution in [0.4, 0.5) is 68.4 Å². The smallest absolute Gasteiger partial charge is 0.490 e. The molecule has 0 bridgehead atoms. The Morgan fingerprint density at radius 3 is 0.875 bits per heavy atom. The maximum Gasteiger partial charge on any atom is 0.490 e. The molecule has 10 aromatic carbocycles. The van der Waals surface area contributed by atoms with Crippen LogP contribution in [0, 0.1) is 0 Å². The third-order valence-corrected chi connectivity index (χ3v) is 23.4. The molecule has 0 aliphatic rings. The number of carboxylic acid groups (broad SMARTS) is 1. The molecule has 0 radical (unpaired) electrons. The van der Waals surface area contributed by atoms with Crippen molar-refractivity contribution < 1.29 is 106 Å². The lowest BCUT2D eigenvalue weighted by Gasteiger charge is -2.25. The number of hydrogen-bond donors (Lipinski definition) is 8. The summed E-state index contributed by atoms with van der Waals surface area (Å²) in [5.41, 5.74) is 41.7. The fourth-order valence-electron chi connectivity index (χ4n) is 11.1. The number of aryl methyl sites for hydroxylation is 2. The Morgan fingerprint density at radius 1 is 0.375 bits per heavy atom. The van der Waals surface area contributed by atoms with E-state index in [1.807, 2.05) is 217 Å². The number of amides is 1. The second kappa shape index (κ2) is 62.0. The standard InChI is InChI=1S/C22H29FN2O3S.2C22H28FNO3S.C17H21FN2OS.C16H19FN2OS.C2HF3O2.CH4/c1-22(2,3)28-21(26)25(4)15-16-14-17(27-13-7-12-23)10-11-19(16)29-20-9-6-5-8-18(20)24;2*1-22(2,3)27-21(25)12-9-16-15-17(26-14-6-13-23)10-11-19(16)28-20-8-5-4-7-18(20)24;1-20-12-13-11-14(21-10-4-9-18)7-8-16(13)22-17-6-3-2-5-15(17)19;17-8-3-9-20-13-6-7-15(12(10-13)11-18)21-16-5-2-1-4-14(16)19;3-2(4,5)1(6)7;/h5-6,8-11,14H,7,12-13,15,24H2,1-4H3;2*4-5,7-8,10-11,15H,6,9,12-14,24H2,1-3H3;2-3,5-8,11,20H,4,9-10,12,19H2,1H3;1-2,4-7,10H,3,8-9,11,18-19H2;(H,6,7);1H4/i4D3;;;1D3;;;. The summed E-state index contributed by atoms with van der Waals surface area (Å²) in [5, 5.41) is 9.64. The zero-order valence-electron chi connectivity index (χ0n) is 83.1. The van der Waals surface area contributed by atoms with Crippen LogP contribution in [0.1, 0.15) is 151 Å². The number of carbonyl (C=O) groups is 4. The summed E-state index contributed by atoms with van der Waals surface area (Å²) in [6, 6.07) is 65.5. The van der Waals surface area contributed by atoms with Crippen LogP contribution in [0.15, 0.2) is 261 Å². The van der Waals surface area contributed by atoms with Gasteiger partial charge < -0.3 is 87.6 Å². The van der Waals surface area contributed by atoms with Crippen LogP contribution < -0.4 is 63.4 Å². The highest BCUT2D eigenvalue weighted by atomic mass is 32.2. The number of nitrogen functional groups attached to an aromatic ring is 5. The first kappa shape index (κ1) is 107. The molecule has 0 aliphatic heterocycles. The summed E-state index contributed by atoms with van der Waals surface area (Å²) < 4.78 is 183. The Labute approximate surface area is 824 Å². The highest BCUT2D eigenvalue weighted by molar-refractivity contribution is 8.00. The summed E-state index contributed by atoms with van der Waals surface area (Å²) >= 11 is 7.50. The number of nitrogens with two attached hydrogens (primary N) is 6. The van der Waals surface area contributed by atoms with E-state index in [0.29, 0.717) is 132 Å². The molecular weight excluding hydrogens is 1860 g/mol. The van der Waals surface area contributed by atoms with Gasteiger partial charge in [0, 0.05) is 157 Å². The molecule has 136 heavy (non-hydrogen) atoms. The van der Waals surface area contributed by atoms with Crippen LogP contribution in [0.5, 0.6) is 28.7 Å². The lowest BCUT2D eigenvalue weighted by atomic mass is 10.1. The molecular formula is C102H130F8N8O13S5. The van der Waals surface area contributed by atoms with Gasteiger partial charge in [-0.3, -0.25) is 31.5 Å². The first-order valence-corrected chi connectivity index (χ1v) is 47.0. The zero-order valence-corrected chi connectivity index (χ0v) is 81.2. The van der Waals surface area contributed by atoms with Gasteiger partial charge in [0.15, 0.2) is 0 Å². The summed E-state index contributed by atoms with van der Waals surface area (Å²) in [4.78, 5) is 55.8. The van der Waals surface area contributed by atoms with Crippen molar-refractivity contribution in [2.45, 2.75) is 219 Å². The predicted octanol–water partition coefficient (Wildman–Crippen LogP) is 25.2. The number of hydrogen-bond acceptors (Lipinski definition) is 24. The molecule has 0 unspecified atom stereocenters. The number of para-hydroxylation sites is 5. The molecule has 0 atom stereocenters. The Balaban J connectivity index is 0.000000365. The van der Waals surface area contributed by atoms with Gasteiger partial charge in [0.05, 0.1) is 66.4 Å². The Morgan fingerprint density at radius 2 is 0.625 bits per heavy atom. The van der Waals surface area contributed by atoms with Gasteiger partial charge in [-0.2, -0.15) is 13.2 Å². The van der Waals surface area contributed by atoms with E-state index in [2.05, 4.69) is 5.32 Å². The molecule has 0 saturated heterocycles. The van der Waals surface area contributed by atoms with Crippen molar-refractivity contribution in [3.63, 3.8) is 0 Å². The molecule has 0 heterocycles. The number of halogens is 8. The number of aliphatic carboxylic acids is 1. The molecule has 742 valence electrons. The van der Waals surface area contributed by atoms with Crippen LogP contribution in [0.2, 0.25) is 0 Å². The third kappa shape index (κ3) is 46.7. The minimum atomic E-state index is -5.08. The topological polar surface area (TPSA) is 334 Å². The zero-order chi connectivity index (χ0) is 105. The van der Waals surface area contributed by atoms with Crippen LogP contribution in [0.25, 0.3) is 0 Å². The monoisotopic (exact) mass is 1990 g/mol. The van der Waals surface area contributed by atoms with E-state index >= 15 is 0 Å². The maximum absolute atomic E-state index is 12.7. The number of anilines is 5. The second-order valence-electron chi connectivity index (χ2n) is 32.1. The van der Waals surface area contributed by atoms with Crippen molar-refractivity contribution >= 4 is 111 Å². The first-order valence-electron chi connectivity index (χ1n) is 45.9. The second-order valence-corrected chi connectivity index (χ2v) is 37.5. The molecule has 21 nitrogen and oxygen atoms in total. The van der Waals surface area contributed by atoms with Crippen LogP contribution in [0.3, 0.4) is 0 Å². The van der Waals surface area contributed by atoms with E-state index in [4.69, 9.17) is 90.4 Å². The van der Waals surface area contributed by atoms with E-state index in [-0.39, 0.29) is 71.6 Å². The highest BCUT2D eigenvalue weighted by Gasteiger charge is 2.38. The highest BCUT2D eigenvalue weighted by Crippen LogP contribution is 2.42. The van der Waals surface area contributed by atoms with Gasteiger partial charge in [0.1, 0.15) is 45.6 Å². The number of carboxylic acids is 1. The molecule has 34 heteroatoms. The van der Waals surface area contributed by atoms with Crippen molar-refractivity contribution in [3.8, 4) is 28.7 Å². The van der Waals surface area contributed by atoms with Gasteiger partial charge in [-0.05, 0) is 262 Å². The van der Waals surface area contributed by atoms with Crippen molar-refractivity contribution in [2.75, 3.05) is 109 Å². The van der Waals surface area contributed by atoms with Gasteiger partial charge in [0.25, 0.3) is 0 Å². The first-order chi connectivity index (χ1) is 66.5. The summed E-state index contributed by atoms with van der Waals surface area (Å²) in [6.45, 7) is 10.8. The molecule has 0 saturated carbocycles. The third-order valence-electron chi connectivity index (χ3n) is 17.3. The van der Waals surface area contributed by atoms with Crippen molar-refractivity contribution in [1.29, 1.82) is 0 Å². The van der Waals surface area contributed by atoms with E-state index < -0.39 is 75.7 Å². The number of nitrogens with zero attached hydrogens (tertiary/aromatic N) is 1. The largest absolute Gasteiger partial charge is 0.493 e. The number of carbonyl (C=O) groups excluding carboxylic acids is 3. The number of ether oxygens (including phenoxy) is 8. The lowest BCUT2D eigenvalue weighted by molar-refractivity contribution is -0.192. The molecule has 0 spiro atoms. The average Bonchev–Trinajstić information content (AvgIpc) is 0.795. The molecule has 14 N–H and O–H groups in total. The number of esters is 2.